The fraction of sp³-hybridized carbons (Fsp3) is 0.588. The van der Waals surface area contributed by atoms with Crippen LogP contribution in [0.4, 0.5) is 5.69 Å². The van der Waals surface area contributed by atoms with Crippen molar-refractivity contribution in [3.8, 4) is 5.75 Å². The third kappa shape index (κ3) is 4.79. The Kier molecular flexibility index (Phi) is 7.23. The molecule has 1 aromatic rings. The number of amides is 1. The Balaban J connectivity index is 1.81. The van der Waals surface area contributed by atoms with Gasteiger partial charge in [-0.15, -0.1) is 0 Å². The van der Waals surface area contributed by atoms with Crippen molar-refractivity contribution in [2.75, 3.05) is 39.4 Å². The Hall–Kier alpha value is -1.41. The summed E-state index contributed by atoms with van der Waals surface area (Å²) in [5.74, 6) is 0.998. The van der Waals surface area contributed by atoms with E-state index in [-0.39, 0.29) is 5.91 Å². The third-order valence-electron chi connectivity index (χ3n) is 4.30. The third-order valence-corrected chi connectivity index (χ3v) is 7.13. The quantitative estimate of drug-likeness (QED) is 0.505. The van der Waals surface area contributed by atoms with Crippen molar-refractivity contribution >= 4 is 20.4 Å². The number of rotatable bonds is 9. The number of piperidine rings is 1. The number of benzene rings is 1. The van der Waals surface area contributed by atoms with Crippen LogP contribution >= 0.6 is 0 Å². The first-order chi connectivity index (χ1) is 11.6. The topological polar surface area (TPSA) is 57.2 Å². The molecule has 1 fully saturated rings. The molecule has 1 amide bonds. The predicted octanol–water partition coefficient (Wildman–Crippen LogP) is 2.85. The van der Waals surface area contributed by atoms with Gasteiger partial charge in [-0.05, 0) is 43.5 Å². The van der Waals surface area contributed by atoms with Crippen molar-refractivity contribution < 1.29 is 22.8 Å². The van der Waals surface area contributed by atoms with Crippen LogP contribution in [-0.2, 0) is 18.1 Å². The maximum Gasteiger partial charge on any atom is 0.500 e. The highest BCUT2D eigenvalue weighted by Crippen LogP contribution is 2.24. The molecule has 0 N–H and O–H groups in total. The van der Waals surface area contributed by atoms with E-state index in [1.54, 1.807) is 21.3 Å². The van der Waals surface area contributed by atoms with E-state index in [9.17, 15) is 4.79 Å². The first kappa shape index (κ1) is 18.9. The van der Waals surface area contributed by atoms with Gasteiger partial charge in [-0.3, -0.25) is 4.79 Å². The van der Waals surface area contributed by atoms with Gasteiger partial charge in [0.25, 0.3) is 0 Å². The van der Waals surface area contributed by atoms with Gasteiger partial charge in [-0.25, -0.2) is 0 Å². The van der Waals surface area contributed by atoms with Crippen LogP contribution in [0, 0.1) is 0 Å². The number of anilines is 1. The van der Waals surface area contributed by atoms with Gasteiger partial charge in [0.2, 0.25) is 5.91 Å². The van der Waals surface area contributed by atoms with E-state index in [0.717, 1.165) is 37.2 Å². The molecular formula is C17H27NO5Si. The van der Waals surface area contributed by atoms with E-state index in [4.69, 9.17) is 18.0 Å². The number of hydrogen-bond acceptors (Lipinski definition) is 5. The Morgan fingerprint density at radius 2 is 1.71 bits per heavy atom. The summed E-state index contributed by atoms with van der Waals surface area (Å²) in [5, 5.41) is 0. The van der Waals surface area contributed by atoms with Crippen molar-refractivity contribution in [1.82, 2.24) is 0 Å². The maximum absolute atomic E-state index is 11.9. The Morgan fingerprint density at radius 1 is 1.04 bits per heavy atom. The SMILES string of the molecule is CO[Si](CCCOc1ccc(N2CCCCC2=O)cc1)(OC)OC. The summed E-state index contributed by atoms with van der Waals surface area (Å²) in [6.45, 7) is 1.36. The molecule has 1 aromatic carbocycles. The van der Waals surface area contributed by atoms with E-state index in [1.165, 1.54) is 0 Å². The van der Waals surface area contributed by atoms with Crippen molar-refractivity contribution in [1.29, 1.82) is 0 Å². The zero-order valence-electron chi connectivity index (χ0n) is 14.7. The monoisotopic (exact) mass is 353 g/mol. The fourth-order valence-electron chi connectivity index (χ4n) is 2.84. The van der Waals surface area contributed by atoms with Crippen LogP contribution in [0.2, 0.25) is 6.04 Å². The summed E-state index contributed by atoms with van der Waals surface area (Å²) in [6.07, 6.45) is 3.48. The number of nitrogens with zero attached hydrogens (tertiary/aromatic N) is 1. The zero-order chi connectivity index (χ0) is 17.4. The highest BCUT2D eigenvalue weighted by atomic mass is 28.4. The minimum Gasteiger partial charge on any atom is -0.494 e. The summed E-state index contributed by atoms with van der Waals surface area (Å²) < 4.78 is 21.9. The summed E-state index contributed by atoms with van der Waals surface area (Å²) in [4.78, 5) is 13.8. The smallest absolute Gasteiger partial charge is 0.494 e. The fourth-order valence-corrected chi connectivity index (χ4v) is 4.53. The van der Waals surface area contributed by atoms with Crippen LogP contribution in [0.5, 0.6) is 5.75 Å². The van der Waals surface area contributed by atoms with Crippen LogP contribution in [0.25, 0.3) is 0 Å². The van der Waals surface area contributed by atoms with Crippen molar-refractivity contribution in [3.63, 3.8) is 0 Å². The first-order valence-corrected chi connectivity index (χ1v) is 10.3. The van der Waals surface area contributed by atoms with E-state index >= 15 is 0 Å². The number of ether oxygens (including phenoxy) is 1. The molecule has 0 unspecified atom stereocenters. The molecule has 0 aliphatic carbocycles. The maximum atomic E-state index is 11.9. The molecule has 1 heterocycles. The molecule has 0 aromatic heterocycles. The summed E-state index contributed by atoms with van der Waals surface area (Å²) in [7, 11) is 2.32. The molecule has 134 valence electrons. The molecule has 0 radical (unpaired) electrons. The van der Waals surface area contributed by atoms with Gasteiger partial charge in [0.1, 0.15) is 5.75 Å². The van der Waals surface area contributed by atoms with Gasteiger partial charge in [-0.2, -0.15) is 0 Å². The molecule has 2 rings (SSSR count). The normalized spacial score (nSPS) is 15.6. The lowest BCUT2D eigenvalue weighted by Gasteiger charge is -2.27. The highest BCUT2D eigenvalue weighted by Gasteiger charge is 2.36. The Bertz CT molecular complexity index is 510. The van der Waals surface area contributed by atoms with Gasteiger partial charge in [0.15, 0.2) is 0 Å². The molecule has 0 atom stereocenters. The molecule has 0 saturated carbocycles. The van der Waals surface area contributed by atoms with E-state index in [0.29, 0.717) is 19.1 Å². The Morgan fingerprint density at radius 3 is 2.29 bits per heavy atom. The standard InChI is InChI=1S/C17H27NO5Si/c1-20-24(21-2,22-3)14-6-13-23-16-10-8-15(9-11-16)18-12-5-4-7-17(18)19/h8-11H,4-7,12-14H2,1-3H3. The summed E-state index contributed by atoms with van der Waals surface area (Å²) in [6, 6.07) is 8.40. The molecule has 1 aliphatic heterocycles. The minimum absolute atomic E-state index is 0.204. The Labute approximate surface area is 145 Å². The average molecular weight is 353 g/mol. The second-order valence-electron chi connectivity index (χ2n) is 5.74. The molecular weight excluding hydrogens is 326 g/mol. The van der Waals surface area contributed by atoms with Gasteiger partial charge < -0.3 is 22.9 Å². The van der Waals surface area contributed by atoms with Crippen LogP contribution in [0.15, 0.2) is 24.3 Å². The second-order valence-corrected chi connectivity index (χ2v) is 8.83. The van der Waals surface area contributed by atoms with Crippen LogP contribution < -0.4 is 9.64 Å². The van der Waals surface area contributed by atoms with Gasteiger partial charge in [-0.1, -0.05) is 0 Å². The van der Waals surface area contributed by atoms with Crippen LogP contribution in [-0.4, -0.2) is 49.2 Å². The lowest BCUT2D eigenvalue weighted by Crippen LogP contribution is -2.42. The number of carbonyl (C=O) groups excluding carboxylic acids is 1. The van der Waals surface area contributed by atoms with Crippen LogP contribution in [0.3, 0.4) is 0 Å². The van der Waals surface area contributed by atoms with Gasteiger partial charge in [0.05, 0.1) is 6.61 Å². The van der Waals surface area contributed by atoms with Crippen molar-refractivity contribution in [3.05, 3.63) is 24.3 Å². The largest absolute Gasteiger partial charge is 0.500 e. The van der Waals surface area contributed by atoms with Gasteiger partial charge in [0, 0.05) is 46.0 Å². The average Bonchev–Trinajstić information content (AvgIpc) is 2.64. The molecule has 24 heavy (non-hydrogen) atoms. The lowest BCUT2D eigenvalue weighted by atomic mass is 10.1. The van der Waals surface area contributed by atoms with Crippen molar-refractivity contribution in [2.24, 2.45) is 0 Å². The second kappa shape index (κ2) is 9.17. The zero-order valence-corrected chi connectivity index (χ0v) is 15.7. The molecule has 0 bridgehead atoms. The molecule has 6 nitrogen and oxygen atoms in total. The molecule has 1 aliphatic rings. The van der Waals surface area contributed by atoms with E-state index in [2.05, 4.69) is 0 Å². The minimum atomic E-state index is -2.52. The summed E-state index contributed by atoms with van der Waals surface area (Å²) >= 11 is 0. The molecule has 1 saturated heterocycles. The lowest BCUT2D eigenvalue weighted by molar-refractivity contribution is -0.119. The molecule has 0 spiro atoms. The van der Waals surface area contributed by atoms with Crippen LogP contribution in [0.1, 0.15) is 25.7 Å². The van der Waals surface area contributed by atoms with E-state index in [1.807, 2.05) is 29.2 Å². The van der Waals surface area contributed by atoms with E-state index < -0.39 is 8.80 Å². The summed E-state index contributed by atoms with van der Waals surface area (Å²) in [5.41, 5.74) is 0.941. The number of carbonyl (C=O) groups is 1. The first-order valence-electron chi connectivity index (χ1n) is 8.33. The van der Waals surface area contributed by atoms with Crippen molar-refractivity contribution in [2.45, 2.75) is 31.7 Å². The highest BCUT2D eigenvalue weighted by molar-refractivity contribution is 6.60. The van der Waals surface area contributed by atoms with Gasteiger partial charge >= 0.3 is 8.80 Å². The predicted molar refractivity (Wildman–Crippen MR) is 94.3 cm³/mol. The number of hydrogen-bond donors (Lipinski definition) is 0. The molecule has 7 heteroatoms.